The molecule has 0 heteroatoms. The van der Waals surface area contributed by atoms with E-state index >= 15 is 0 Å². The maximum absolute atomic E-state index is 2.43. The highest BCUT2D eigenvalue weighted by molar-refractivity contribution is 5.20. The van der Waals surface area contributed by atoms with Crippen LogP contribution in [-0.4, -0.2) is 0 Å². The number of fused-ring (bicyclic) bond motifs is 1. The fourth-order valence-corrected chi connectivity index (χ4v) is 2.14. The lowest BCUT2D eigenvalue weighted by Crippen LogP contribution is -2.24. The highest BCUT2D eigenvalue weighted by Crippen LogP contribution is 2.42. The van der Waals surface area contributed by atoms with Crippen LogP contribution in [0.5, 0.6) is 0 Å². The molecule has 2 rings (SSSR count). The molecule has 0 radical (unpaired) electrons. The second-order valence-electron chi connectivity index (χ2n) is 3.49. The summed E-state index contributed by atoms with van der Waals surface area (Å²) in [5, 5.41) is 0. The third-order valence-corrected chi connectivity index (χ3v) is 2.92. The van der Waals surface area contributed by atoms with Crippen LogP contribution in [0, 0.1) is 11.8 Å². The number of allylic oxidation sites excluding steroid dienone is 2. The molecule has 0 aromatic heterocycles. The maximum Gasteiger partial charge on any atom is -0.0143 e. The van der Waals surface area contributed by atoms with E-state index < -0.39 is 0 Å². The Bertz CT molecular complexity index is 144. The van der Waals surface area contributed by atoms with Crippen LogP contribution in [0.2, 0.25) is 0 Å². The average molecular weight is 122 g/mol. The molecule has 0 bridgehead atoms. The van der Waals surface area contributed by atoms with Crippen molar-refractivity contribution in [1.82, 2.24) is 0 Å². The molecule has 1 saturated carbocycles. The SMILES string of the molecule is CC1CCCC2=CCC21. The fraction of sp³-hybridized carbons (Fsp3) is 0.778. The van der Waals surface area contributed by atoms with E-state index in [2.05, 4.69) is 13.0 Å². The molecule has 0 nitrogen and oxygen atoms in total. The van der Waals surface area contributed by atoms with Crippen molar-refractivity contribution < 1.29 is 0 Å². The van der Waals surface area contributed by atoms with Crippen molar-refractivity contribution in [2.45, 2.75) is 32.6 Å². The van der Waals surface area contributed by atoms with Gasteiger partial charge in [0.2, 0.25) is 0 Å². The summed E-state index contributed by atoms with van der Waals surface area (Å²) in [5.41, 5.74) is 1.77. The molecule has 1 fully saturated rings. The molecule has 0 spiro atoms. The van der Waals surface area contributed by atoms with Gasteiger partial charge < -0.3 is 0 Å². The van der Waals surface area contributed by atoms with Gasteiger partial charge in [-0.25, -0.2) is 0 Å². The van der Waals surface area contributed by atoms with Crippen LogP contribution in [0.1, 0.15) is 32.6 Å². The molecule has 2 aliphatic rings. The normalized spacial score (nSPS) is 40.8. The summed E-state index contributed by atoms with van der Waals surface area (Å²) in [4.78, 5) is 0. The average Bonchev–Trinajstić information content (AvgIpc) is 1.74. The summed E-state index contributed by atoms with van der Waals surface area (Å²) in [6.07, 6.45) is 8.15. The van der Waals surface area contributed by atoms with Gasteiger partial charge in [0.25, 0.3) is 0 Å². The summed E-state index contributed by atoms with van der Waals surface area (Å²) in [6.45, 7) is 2.40. The molecule has 2 aliphatic carbocycles. The Balaban J connectivity index is 2.11. The number of hydrogen-bond acceptors (Lipinski definition) is 0. The number of hydrogen-bond donors (Lipinski definition) is 0. The highest BCUT2D eigenvalue weighted by Gasteiger charge is 2.29. The van der Waals surface area contributed by atoms with E-state index in [1.165, 1.54) is 25.7 Å². The van der Waals surface area contributed by atoms with Crippen molar-refractivity contribution in [2.75, 3.05) is 0 Å². The second kappa shape index (κ2) is 1.86. The Hall–Kier alpha value is -0.260. The summed E-state index contributed by atoms with van der Waals surface area (Å²) >= 11 is 0. The van der Waals surface area contributed by atoms with Gasteiger partial charge >= 0.3 is 0 Å². The lowest BCUT2D eigenvalue weighted by molar-refractivity contribution is 0.301. The first-order valence-electron chi connectivity index (χ1n) is 4.07. The molecule has 0 aliphatic heterocycles. The first-order chi connectivity index (χ1) is 4.38. The van der Waals surface area contributed by atoms with E-state index in [1.54, 1.807) is 5.57 Å². The quantitative estimate of drug-likeness (QED) is 0.433. The molecule has 0 aromatic rings. The minimum absolute atomic E-state index is 0.999. The zero-order valence-electron chi connectivity index (χ0n) is 6.06. The molecule has 9 heavy (non-hydrogen) atoms. The van der Waals surface area contributed by atoms with E-state index in [0.717, 1.165) is 11.8 Å². The standard InChI is InChI=1S/C9H14/c1-7-3-2-4-8-5-6-9(7)8/h5,7,9H,2-4,6H2,1H3. The van der Waals surface area contributed by atoms with Crippen molar-refractivity contribution >= 4 is 0 Å². The monoisotopic (exact) mass is 122 g/mol. The van der Waals surface area contributed by atoms with Crippen molar-refractivity contribution in [2.24, 2.45) is 11.8 Å². The summed E-state index contributed by atoms with van der Waals surface area (Å²) in [7, 11) is 0. The molecule has 2 atom stereocenters. The summed E-state index contributed by atoms with van der Waals surface area (Å²) in [6, 6.07) is 0. The van der Waals surface area contributed by atoms with Crippen molar-refractivity contribution in [1.29, 1.82) is 0 Å². The molecule has 0 N–H and O–H groups in total. The first kappa shape index (κ1) is 5.52. The highest BCUT2D eigenvalue weighted by atomic mass is 14.3. The van der Waals surface area contributed by atoms with Gasteiger partial charge in [-0.3, -0.25) is 0 Å². The van der Waals surface area contributed by atoms with Gasteiger partial charge in [-0.2, -0.15) is 0 Å². The van der Waals surface area contributed by atoms with Gasteiger partial charge in [0.15, 0.2) is 0 Å². The third kappa shape index (κ3) is 0.726. The molecular formula is C9H14. The molecule has 0 saturated heterocycles. The number of rotatable bonds is 0. The third-order valence-electron chi connectivity index (χ3n) is 2.92. The minimum atomic E-state index is 0.999. The van der Waals surface area contributed by atoms with Crippen LogP contribution >= 0.6 is 0 Å². The Morgan fingerprint density at radius 1 is 1.56 bits per heavy atom. The van der Waals surface area contributed by atoms with E-state index in [0.29, 0.717) is 0 Å². The van der Waals surface area contributed by atoms with Crippen molar-refractivity contribution in [3.05, 3.63) is 11.6 Å². The predicted molar refractivity (Wildman–Crippen MR) is 39.2 cm³/mol. The van der Waals surface area contributed by atoms with E-state index in [-0.39, 0.29) is 0 Å². The van der Waals surface area contributed by atoms with Gasteiger partial charge in [0.1, 0.15) is 0 Å². The summed E-state index contributed by atoms with van der Waals surface area (Å²) < 4.78 is 0. The van der Waals surface area contributed by atoms with Crippen molar-refractivity contribution in [3.8, 4) is 0 Å². The smallest absolute Gasteiger partial charge is 0.0143 e. The van der Waals surface area contributed by atoms with E-state index in [4.69, 9.17) is 0 Å². The topological polar surface area (TPSA) is 0 Å². The maximum atomic E-state index is 2.43. The Labute approximate surface area is 57.0 Å². The minimum Gasteiger partial charge on any atom is -0.0844 e. The van der Waals surface area contributed by atoms with E-state index in [1.807, 2.05) is 0 Å². The van der Waals surface area contributed by atoms with Crippen molar-refractivity contribution in [3.63, 3.8) is 0 Å². The molecule has 2 unspecified atom stereocenters. The zero-order valence-corrected chi connectivity index (χ0v) is 6.06. The summed E-state index contributed by atoms with van der Waals surface area (Å²) in [5.74, 6) is 2.01. The van der Waals surface area contributed by atoms with Crippen LogP contribution in [0.15, 0.2) is 11.6 Å². The largest absolute Gasteiger partial charge is 0.0844 e. The second-order valence-corrected chi connectivity index (χ2v) is 3.49. The van der Waals surface area contributed by atoms with Crippen LogP contribution < -0.4 is 0 Å². The van der Waals surface area contributed by atoms with Gasteiger partial charge in [-0.15, -0.1) is 0 Å². The van der Waals surface area contributed by atoms with Gasteiger partial charge in [0.05, 0.1) is 0 Å². The van der Waals surface area contributed by atoms with Crippen LogP contribution in [0.4, 0.5) is 0 Å². The molecule has 0 heterocycles. The Morgan fingerprint density at radius 2 is 2.44 bits per heavy atom. The zero-order chi connectivity index (χ0) is 6.27. The van der Waals surface area contributed by atoms with Gasteiger partial charge in [0, 0.05) is 0 Å². The van der Waals surface area contributed by atoms with Crippen LogP contribution in [0.3, 0.4) is 0 Å². The first-order valence-corrected chi connectivity index (χ1v) is 4.07. The van der Waals surface area contributed by atoms with E-state index in [9.17, 15) is 0 Å². The lowest BCUT2D eigenvalue weighted by atomic mass is 9.69. The fourth-order valence-electron chi connectivity index (χ4n) is 2.14. The predicted octanol–water partition coefficient (Wildman–Crippen LogP) is 2.75. The van der Waals surface area contributed by atoms with Crippen LogP contribution in [0.25, 0.3) is 0 Å². The molecule has 50 valence electrons. The lowest BCUT2D eigenvalue weighted by Gasteiger charge is -2.37. The molecule has 0 amide bonds. The Morgan fingerprint density at radius 3 is 2.89 bits per heavy atom. The van der Waals surface area contributed by atoms with Crippen LogP contribution in [-0.2, 0) is 0 Å². The molecule has 0 aromatic carbocycles. The van der Waals surface area contributed by atoms with Gasteiger partial charge in [-0.05, 0) is 37.5 Å². The Kier molecular flexibility index (Phi) is 1.14. The van der Waals surface area contributed by atoms with Gasteiger partial charge in [-0.1, -0.05) is 18.6 Å². The molecular weight excluding hydrogens is 108 g/mol.